The van der Waals surface area contributed by atoms with Gasteiger partial charge in [-0.1, -0.05) is 12.2 Å². The molecule has 3 aliphatic rings. The van der Waals surface area contributed by atoms with E-state index in [1.165, 1.54) is 0 Å². The summed E-state index contributed by atoms with van der Waals surface area (Å²) in [4.78, 5) is 0. The van der Waals surface area contributed by atoms with E-state index in [1.54, 1.807) is 0 Å². The van der Waals surface area contributed by atoms with Crippen LogP contribution in [0.25, 0.3) is 0 Å². The molecule has 3 heterocycles. The van der Waals surface area contributed by atoms with E-state index >= 15 is 0 Å². The van der Waals surface area contributed by atoms with Crippen LogP contribution in [0.3, 0.4) is 0 Å². The molecule has 104 valence electrons. The lowest BCUT2D eigenvalue weighted by molar-refractivity contribution is 0.534. The second kappa shape index (κ2) is 12.4. The Balaban J connectivity index is 0.000000135. The van der Waals surface area contributed by atoms with E-state index in [2.05, 4.69) is 38.2 Å². The fourth-order valence-electron chi connectivity index (χ4n) is 1.46. The Kier molecular flexibility index (Phi) is 10.3. The monoisotopic (exact) mass is 254 g/mol. The molecule has 0 spiro atoms. The van der Waals surface area contributed by atoms with Gasteiger partial charge in [0.05, 0.1) is 6.67 Å². The summed E-state index contributed by atoms with van der Waals surface area (Å²) in [5.41, 5.74) is 5.80. The van der Waals surface area contributed by atoms with Crippen molar-refractivity contribution < 1.29 is 0 Å². The summed E-state index contributed by atoms with van der Waals surface area (Å²) in [6.07, 6.45) is 9.15. The first-order valence-corrected chi connectivity index (χ1v) is 6.64. The van der Waals surface area contributed by atoms with Crippen molar-refractivity contribution in [1.29, 1.82) is 0 Å². The summed E-state index contributed by atoms with van der Waals surface area (Å²) < 4.78 is 0. The maximum Gasteiger partial charge on any atom is 0.0650 e. The van der Waals surface area contributed by atoms with Crippen LogP contribution in [0.5, 0.6) is 0 Å². The molecular formula is C12H26N6. The van der Waals surface area contributed by atoms with Crippen molar-refractivity contribution in [3.05, 3.63) is 24.6 Å². The van der Waals surface area contributed by atoms with Crippen LogP contribution in [0.2, 0.25) is 0 Å². The highest BCUT2D eigenvalue weighted by molar-refractivity contribution is 4.85. The van der Waals surface area contributed by atoms with Crippen LogP contribution >= 0.6 is 0 Å². The van der Waals surface area contributed by atoms with Crippen LogP contribution in [0, 0.1) is 0 Å². The van der Waals surface area contributed by atoms with Gasteiger partial charge in [-0.3, -0.25) is 5.32 Å². The summed E-state index contributed by atoms with van der Waals surface area (Å²) in [5.74, 6) is 0. The van der Waals surface area contributed by atoms with Gasteiger partial charge in [0, 0.05) is 45.5 Å². The molecule has 3 rings (SSSR count). The first-order chi connectivity index (χ1) is 9.00. The molecular weight excluding hydrogens is 228 g/mol. The average Bonchev–Trinajstić information content (AvgIpc) is 2.54. The molecule has 0 saturated carbocycles. The fourth-order valence-corrected chi connectivity index (χ4v) is 1.46. The second-order valence-electron chi connectivity index (χ2n) is 4.00. The number of rotatable bonds is 0. The molecule has 0 aliphatic carbocycles. The molecule has 0 unspecified atom stereocenters. The largest absolute Gasteiger partial charge is 0.379 e. The van der Waals surface area contributed by atoms with Gasteiger partial charge in [0.1, 0.15) is 0 Å². The van der Waals surface area contributed by atoms with E-state index in [4.69, 9.17) is 0 Å². The Morgan fingerprint density at radius 2 is 1.50 bits per heavy atom. The highest BCUT2D eigenvalue weighted by atomic mass is 15.3. The van der Waals surface area contributed by atoms with Crippen molar-refractivity contribution in [2.24, 2.45) is 0 Å². The van der Waals surface area contributed by atoms with Gasteiger partial charge in [-0.05, 0) is 12.6 Å². The van der Waals surface area contributed by atoms with Crippen molar-refractivity contribution in [2.45, 2.75) is 6.42 Å². The van der Waals surface area contributed by atoms with Crippen molar-refractivity contribution in [2.75, 3.05) is 45.9 Å². The highest BCUT2D eigenvalue weighted by Gasteiger charge is 1.91. The minimum absolute atomic E-state index is 0.913. The molecule has 0 aromatic rings. The second-order valence-corrected chi connectivity index (χ2v) is 4.00. The van der Waals surface area contributed by atoms with E-state index < -0.39 is 0 Å². The van der Waals surface area contributed by atoms with Crippen LogP contribution in [0.15, 0.2) is 24.6 Å². The Bertz CT molecular complexity index is 179. The van der Waals surface area contributed by atoms with Gasteiger partial charge in [0.15, 0.2) is 0 Å². The zero-order valence-corrected chi connectivity index (χ0v) is 11.0. The number of hydrogen-bond donors (Lipinski definition) is 6. The first kappa shape index (κ1) is 15.0. The lowest BCUT2D eigenvalue weighted by atomic mass is 10.4. The highest BCUT2D eigenvalue weighted by Crippen LogP contribution is 1.79. The van der Waals surface area contributed by atoms with Crippen LogP contribution in [0.1, 0.15) is 6.42 Å². The molecule has 3 aliphatic heterocycles. The Labute approximate surface area is 110 Å². The Morgan fingerprint density at radius 3 is 1.67 bits per heavy atom. The average molecular weight is 254 g/mol. The normalized spacial score (nSPS) is 21.3. The Morgan fingerprint density at radius 1 is 0.722 bits per heavy atom. The van der Waals surface area contributed by atoms with E-state index in [0.29, 0.717) is 0 Å². The third-order valence-corrected chi connectivity index (χ3v) is 2.42. The van der Waals surface area contributed by atoms with E-state index in [1.807, 2.05) is 18.5 Å². The van der Waals surface area contributed by atoms with E-state index in [-0.39, 0.29) is 0 Å². The summed E-state index contributed by atoms with van der Waals surface area (Å²) in [7, 11) is 0. The van der Waals surface area contributed by atoms with Gasteiger partial charge in [-0.2, -0.15) is 0 Å². The number of hydrazine groups is 1. The molecule has 6 heteroatoms. The summed E-state index contributed by atoms with van der Waals surface area (Å²) in [6, 6.07) is 0. The molecule has 0 atom stereocenters. The molecule has 6 nitrogen and oxygen atoms in total. The zero-order chi connectivity index (χ0) is 12.7. The summed E-state index contributed by atoms with van der Waals surface area (Å²) in [6.45, 7) is 7.53. The van der Waals surface area contributed by atoms with Crippen molar-refractivity contribution in [3.8, 4) is 0 Å². The zero-order valence-electron chi connectivity index (χ0n) is 11.0. The number of piperazine rings is 1. The fraction of sp³-hybridized carbons (Fsp3) is 0.667. The minimum atomic E-state index is 0.913. The van der Waals surface area contributed by atoms with Crippen molar-refractivity contribution in [1.82, 2.24) is 32.1 Å². The molecule has 18 heavy (non-hydrogen) atoms. The van der Waals surface area contributed by atoms with Gasteiger partial charge in [0.2, 0.25) is 0 Å². The van der Waals surface area contributed by atoms with E-state index in [0.717, 1.165) is 52.4 Å². The quantitative estimate of drug-likeness (QED) is 0.327. The van der Waals surface area contributed by atoms with E-state index in [9.17, 15) is 0 Å². The standard InChI is InChI=1S/C4H10N2.2C4H8N2/c1-2-6-4-3-5-1;1-2-5-4-6-3-1;1-2-4-6-5-3-1/h5-6H,1-4H2;1-2,5-6H,3-4H2;1,3,5-6H,2,4H2. The smallest absolute Gasteiger partial charge is 0.0650 e. The van der Waals surface area contributed by atoms with Crippen LogP contribution in [-0.4, -0.2) is 45.9 Å². The molecule has 0 aromatic carbocycles. The predicted octanol–water partition coefficient (Wildman–Crippen LogP) is -1.17. The van der Waals surface area contributed by atoms with Crippen LogP contribution in [-0.2, 0) is 0 Å². The topological polar surface area (TPSA) is 72.2 Å². The van der Waals surface area contributed by atoms with Crippen molar-refractivity contribution in [3.63, 3.8) is 0 Å². The molecule has 0 amide bonds. The van der Waals surface area contributed by atoms with Crippen LogP contribution in [0.4, 0.5) is 0 Å². The third-order valence-electron chi connectivity index (χ3n) is 2.42. The third kappa shape index (κ3) is 10.1. The molecule has 6 N–H and O–H groups in total. The molecule has 0 bridgehead atoms. The van der Waals surface area contributed by atoms with Gasteiger partial charge >= 0.3 is 0 Å². The van der Waals surface area contributed by atoms with Gasteiger partial charge in [-0.25, -0.2) is 5.43 Å². The minimum Gasteiger partial charge on any atom is -0.379 e. The van der Waals surface area contributed by atoms with Gasteiger partial charge in [-0.15, -0.1) is 0 Å². The van der Waals surface area contributed by atoms with Gasteiger partial charge < -0.3 is 21.4 Å². The SMILES string of the molecule is C1=CNCNC1.C1=CNNCC1.C1CNCCN1. The summed E-state index contributed by atoms with van der Waals surface area (Å²) >= 11 is 0. The summed E-state index contributed by atoms with van der Waals surface area (Å²) in [5, 5.41) is 12.5. The number of hydrogen-bond acceptors (Lipinski definition) is 6. The lowest BCUT2D eigenvalue weighted by Gasteiger charge is -2.11. The maximum atomic E-state index is 3.22. The maximum absolute atomic E-state index is 3.22. The Hall–Kier alpha value is -1.08. The van der Waals surface area contributed by atoms with Crippen LogP contribution < -0.4 is 32.1 Å². The molecule has 1 fully saturated rings. The predicted molar refractivity (Wildman–Crippen MR) is 75.8 cm³/mol. The molecule has 0 radical (unpaired) electrons. The molecule has 0 aromatic heterocycles. The van der Waals surface area contributed by atoms with Gasteiger partial charge in [0.25, 0.3) is 0 Å². The lowest BCUT2D eigenvalue weighted by Crippen LogP contribution is -2.39. The first-order valence-electron chi connectivity index (χ1n) is 6.64. The number of nitrogens with one attached hydrogen (secondary N) is 6. The molecule has 1 saturated heterocycles. The van der Waals surface area contributed by atoms with Crippen molar-refractivity contribution >= 4 is 0 Å².